The third-order valence-corrected chi connectivity index (χ3v) is 4.12. The van der Waals surface area contributed by atoms with Gasteiger partial charge in [-0.3, -0.25) is 14.6 Å². The van der Waals surface area contributed by atoms with Crippen molar-refractivity contribution in [2.75, 3.05) is 7.11 Å². The number of aromatic amines is 1. The summed E-state index contributed by atoms with van der Waals surface area (Å²) >= 11 is 0. The monoisotopic (exact) mass is 324 g/mol. The SMILES string of the molecule is COc1ccc2c(c1)C(CC(=O)c1ccc(=O)[nH]c1)=NC(C)(C)C2. The van der Waals surface area contributed by atoms with Crippen molar-refractivity contribution in [3.63, 3.8) is 0 Å². The number of hydrogen-bond donors (Lipinski definition) is 1. The molecule has 1 N–H and O–H groups in total. The molecule has 0 unspecified atom stereocenters. The van der Waals surface area contributed by atoms with Gasteiger partial charge >= 0.3 is 0 Å². The Kier molecular flexibility index (Phi) is 4.09. The van der Waals surface area contributed by atoms with Crippen molar-refractivity contribution >= 4 is 11.5 Å². The highest BCUT2D eigenvalue weighted by molar-refractivity contribution is 6.16. The number of benzene rings is 1. The molecule has 0 fully saturated rings. The number of nitrogens with one attached hydrogen (secondary N) is 1. The largest absolute Gasteiger partial charge is 0.497 e. The van der Waals surface area contributed by atoms with Gasteiger partial charge in [-0.25, -0.2) is 0 Å². The van der Waals surface area contributed by atoms with Crippen LogP contribution in [-0.2, 0) is 6.42 Å². The lowest BCUT2D eigenvalue weighted by Crippen LogP contribution is -2.30. The predicted molar refractivity (Wildman–Crippen MR) is 93.3 cm³/mol. The lowest BCUT2D eigenvalue weighted by Gasteiger charge is -2.29. The van der Waals surface area contributed by atoms with Crippen LogP contribution < -0.4 is 10.3 Å². The summed E-state index contributed by atoms with van der Waals surface area (Å²) in [5, 5.41) is 0. The summed E-state index contributed by atoms with van der Waals surface area (Å²) in [6, 6.07) is 8.80. The van der Waals surface area contributed by atoms with Crippen LogP contribution in [0.4, 0.5) is 0 Å². The van der Waals surface area contributed by atoms with E-state index >= 15 is 0 Å². The van der Waals surface area contributed by atoms with Gasteiger partial charge in [-0.1, -0.05) is 6.07 Å². The number of aromatic nitrogens is 1. The summed E-state index contributed by atoms with van der Waals surface area (Å²) in [6.45, 7) is 4.12. The molecule has 0 spiro atoms. The zero-order valence-corrected chi connectivity index (χ0v) is 14.1. The number of ether oxygens (including phenoxy) is 1. The Labute approximate surface area is 140 Å². The Balaban J connectivity index is 1.96. The van der Waals surface area contributed by atoms with Gasteiger partial charge in [0.05, 0.1) is 24.8 Å². The first-order chi connectivity index (χ1) is 11.4. The van der Waals surface area contributed by atoms with Crippen molar-refractivity contribution in [1.82, 2.24) is 4.98 Å². The van der Waals surface area contributed by atoms with Gasteiger partial charge in [-0.15, -0.1) is 0 Å². The molecule has 0 radical (unpaired) electrons. The fraction of sp³-hybridized carbons (Fsp3) is 0.316. The van der Waals surface area contributed by atoms with E-state index in [1.165, 1.54) is 17.8 Å². The summed E-state index contributed by atoms with van der Waals surface area (Å²) in [5.41, 5.74) is 2.90. The lowest BCUT2D eigenvalue weighted by atomic mass is 9.85. The maximum atomic E-state index is 12.6. The van der Waals surface area contributed by atoms with Gasteiger partial charge in [0.15, 0.2) is 5.78 Å². The number of pyridine rings is 1. The van der Waals surface area contributed by atoms with Gasteiger partial charge in [0.2, 0.25) is 5.56 Å². The number of aliphatic imine (C=N–C) groups is 1. The van der Waals surface area contributed by atoms with Gasteiger partial charge in [-0.05, 0) is 44.0 Å². The molecule has 3 rings (SSSR count). The lowest BCUT2D eigenvalue weighted by molar-refractivity contribution is 0.1000. The molecule has 5 nitrogen and oxygen atoms in total. The second kappa shape index (κ2) is 6.07. The highest BCUT2D eigenvalue weighted by atomic mass is 16.5. The van der Waals surface area contributed by atoms with E-state index in [4.69, 9.17) is 9.73 Å². The van der Waals surface area contributed by atoms with E-state index in [1.807, 2.05) is 18.2 Å². The number of rotatable bonds is 4. The second-order valence-corrected chi connectivity index (χ2v) is 6.61. The molecular weight excluding hydrogens is 304 g/mol. The van der Waals surface area contributed by atoms with Crippen LogP contribution in [0.25, 0.3) is 0 Å². The molecule has 0 bridgehead atoms. The highest BCUT2D eigenvalue weighted by Gasteiger charge is 2.28. The first-order valence-corrected chi connectivity index (χ1v) is 7.86. The molecule has 5 heteroatoms. The number of hydrogen-bond acceptors (Lipinski definition) is 4. The number of ketones is 1. The number of methoxy groups -OCH3 is 1. The Morgan fingerprint density at radius 3 is 2.75 bits per heavy atom. The molecule has 124 valence electrons. The average Bonchev–Trinajstić information content (AvgIpc) is 2.54. The van der Waals surface area contributed by atoms with E-state index in [1.54, 1.807) is 13.2 Å². The summed E-state index contributed by atoms with van der Waals surface area (Å²) < 4.78 is 5.30. The topological polar surface area (TPSA) is 71.5 Å². The summed E-state index contributed by atoms with van der Waals surface area (Å²) in [4.78, 5) is 31.0. The smallest absolute Gasteiger partial charge is 0.247 e. The van der Waals surface area contributed by atoms with E-state index in [-0.39, 0.29) is 23.3 Å². The van der Waals surface area contributed by atoms with Crippen molar-refractivity contribution in [3.8, 4) is 5.75 Å². The molecule has 0 aliphatic carbocycles. The van der Waals surface area contributed by atoms with Crippen LogP contribution in [-0.4, -0.2) is 29.1 Å². The number of H-pyrrole nitrogens is 1. The van der Waals surface area contributed by atoms with Crippen LogP contribution in [0, 0.1) is 0 Å². The maximum Gasteiger partial charge on any atom is 0.247 e. The zero-order valence-electron chi connectivity index (χ0n) is 14.1. The summed E-state index contributed by atoms with van der Waals surface area (Å²) in [6.07, 6.45) is 2.46. The van der Waals surface area contributed by atoms with E-state index in [0.717, 1.165) is 23.4 Å². The third-order valence-electron chi connectivity index (χ3n) is 4.12. The standard InChI is InChI=1S/C19H20N2O3/c1-19(2)10-12-4-6-14(24-3)8-15(12)16(21-19)9-17(22)13-5-7-18(23)20-11-13/h4-8,11H,9-10H2,1-3H3,(H,20,23). The Hall–Kier alpha value is -2.69. The summed E-state index contributed by atoms with van der Waals surface area (Å²) in [7, 11) is 1.62. The fourth-order valence-corrected chi connectivity index (χ4v) is 3.01. The predicted octanol–water partition coefficient (Wildman–Crippen LogP) is 2.78. The molecule has 1 aromatic heterocycles. The third kappa shape index (κ3) is 3.30. The first-order valence-electron chi connectivity index (χ1n) is 7.86. The molecule has 0 saturated carbocycles. The second-order valence-electron chi connectivity index (χ2n) is 6.61. The maximum absolute atomic E-state index is 12.6. The molecule has 0 amide bonds. The molecule has 1 aliphatic heterocycles. The quantitative estimate of drug-likeness (QED) is 0.879. The van der Waals surface area contributed by atoms with Gasteiger partial charge in [0.1, 0.15) is 5.75 Å². The molecular formula is C19H20N2O3. The van der Waals surface area contributed by atoms with E-state index in [0.29, 0.717) is 5.56 Å². The fourth-order valence-electron chi connectivity index (χ4n) is 3.01. The molecule has 1 aromatic carbocycles. The van der Waals surface area contributed by atoms with E-state index < -0.39 is 0 Å². The minimum absolute atomic E-state index is 0.0727. The minimum atomic E-state index is -0.248. The van der Waals surface area contributed by atoms with Crippen LogP contribution in [0.2, 0.25) is 0 Å². The van der Waals surface area contributed by atoms with Crippen molar-refractivity contribution in [2.45, 2.75) is 32.2 Å². The van der Waals surface area contributed by atoms with Crippen LogP contribution >= 0.6 is 0 Å². The normalized spacial score (nSPS) is 15.4. The Bertz CT molecular complexity index is 858. The molecule has 0 atom stereocenters. The van der Waals surface area contributed by atoms with Gasteiger partial charge in [0.25, 0.3) is 0 Å². The molecule has 0 saturated heterocycles. The molecule has 24 heavy (non-hydrogen) atoms. The van der Waals surface area contributed by atoms with Crippen LogP contribution in [0.1, 0.15) is 41.8 Å². The van der Waals surface area contributed by atoms with E-state index in [2.05, 4.69) is 18.8 Å². The number of Topliss-reactive ketones (excluding diaryl/α,β-unsaturated/α-hetero) is 1. The highest BCUT2D eigenvalue weighted by Crippen LogP contribution is 2.30. The van der Waals surface area contributed by atoms with Crippen LogP contribution in [0.5, 0.6) is 5.75 Å². The molecule has 2 aromatic rings. The van der Waals surface area contributed by atoms with Crippen LogP contribution in [0.15, 0.2) is 46.3 Å². The van der Waals surface area contributed by atoms with Crippen molar-refractivity contribution < 1.29 is 9.53 Å². The number of nitrogens with zero attached hydrogens (tertiary/aromatic N) is 1. The van der Waals surface area contributed by atoms with Gasteiger partial charge in [-0.2, -0.15) is 0 Å². The summed E-state index contributed by atoms with van der Waals surface area (Å²) in [5.74, 6) is 0.675. The molecule has 2 heterocycles. The van der Waals surface area contributed by atoms with Gasteiger partial charge < -0.3 is 9.72 Å². The number of carbonyl (C=O) groups excluding carboxylic acids is 1. The zero-order chi connectivity index (χ0) is 17.3. The van der Waals surface area contributed by atoms with Crippen molar-refractivity contribution in [2.24, 2.45) is 4.99 Å². The minimum Gasteiger partial charge on any atom is -0.497 e. The number of carbonyl (C=O) groups is 1. The van der Waals surface area contributed by atoms with E-state index in [9.17, 15) is 9.59 Å². The van der Waals surface area contributed by atoms with Crippen molar-refractivity contribution in [1.29, 1.82) is 0 Å². The average molecular weight is 324 g/mol. The first kappa shape index (κ1) is 16.2. The van der Waals surface area contributed by atoms with Crippen molar-refractivity contribution in [3.05, 3.63) is 63.6 Å². The molecule has 1 aliphatic rings. The van der Waals surface area contributed by atoms with Gasteiger partial charge in [0, 0.05) is 23.4 Å². The Morgan fingerprint density at radius 2 is 2.08 bits per heavy atom. The van der Waals surface area contributed by atoms with Crippen LogP contribution in [0.3, 0.4) is 0 Å². The number of fused-ring (bicyclic) bond motifs is 1. The Morgan fingerprint density at radius 1 is 1.29 bits per heavy atom.